The van der Waals surface area contributed by atoms with Gasteiger partial charge in [0.25, 0.3) is 0 Å². The summed E-state index contributed by atoms with van der Waals surface area (Å²) in [6, 6.07) is 7.55. The van der Waals surface area contributed by atoms with Crippen molar-refractivity contribution in [2.75, 3.05) is 5.73 Å². The van der Waals surface area contributed by atoms with Crippen molar-refractivity contribution in [3.8, 4) is 0 Å². The molecule has 88 valence electrons. The van der Waals surface area contributed by atoms with Gasteiger partial charge in [-0.1, -0.05) is 32.4 Å². The Hall–Kier alpha value is -1.51. The molecule has 3 nitrogen and oxygen atoms in total. The molecule has 0 spiro atoms. The van der Waals surface area contributed by atoms with Crippen LogP contribution >= 0.6 is 0 Å². The molecule has 1 aromatic carbocycles. The number of anilines is 1. The zero-order chi connectivity index (χ0) is 12.0. The van der Waals surface area contributed by atoms with E-state index in [0.29, 0.717) is 6.54 Å². The van der Waals surface area contributed by atoms with Crippen LogP contribution in [0.5, 0.6) is 0 Å². The number of carbonyl (C=O) groups is 1. The van der Waals surface area contributed by atoms with E-state index < -0.39 is 0 Å². The van der Waals surface area contributed by atoms with Crippen LogP contribution in [-0.2, 0) is 11.3 Å². The van der Waals surface area contributed by atoms with Crippen molar-refractivity contribution in [1.29, 1.82) is 0 Å². The third-order valence-electron chi connectivity index (χ3n) is 2.62. The molecule has 0 saturated heterocycles. The summed E-state index contributed by atoms with van der Waals surface area (Å²) in [5.74, 6) is 0.220. The fourth-order valence-electron chi connectivity index (χ4n) is 1.56. The fraction of sp³-hybridized carbons (Fsp3) is 0.462. The highest BCUT2D eigenvalue weighted by Crippen LogP contribution is 2.07. The van der Waals surface area contributed by atoms with Crippen LogP contribution in [0.15, 0.2) is 24.3 Å². The highest BCUT2D eigenvalue weighted by atomic mass is 16.1. The minimum atomic E-state index is 0.0961. The van der Waals surface area contributed by atoms with E-state index in [1.165, 1.54) is 0 Å². The smallest absolute Gasteiger partial charge is 0.223 e. The van der Waals surface area contributed by atoms with Crippen molar-refractivity contribution in [3.05, 3.63) is 29.8 Å². The zero-order valence-electron chi connectivity index (χ0n) is 9.99. The molecule has 1 amide bonds. The monoisotopic (exact) mass is 220 g/mol. The average Bonchev–Trinajstić information content (AvgIpc) is 2.28. The molecule has 0 heterocycles. The summed E-state index contributed by atoms with van der Waals surface area (Å²) in [5.41, 5.74) is 7.40. The van der Waals surface area contributed by atoms with E-state index in [-0.39, 0.29) is 11.8 Å². The summed E-state index contributed by atoms with van der Waals surface area (Å²) in [5, 5.41) is 2.92. The highest BCUT2D eigenvalue weighted by molar-refractivity contribution is 5.78. The maximum Gasteiger partial charge on any atom is 0.223 e. The Kier molecular flexibility index (Phi) is 4.83. The van der Waals surface area contributed by atoms with E-state index >= 15 is 0 Å². The number of hydrogen-bond donors (Lipinski definition) is 2. The third kappa shape index (κ3) is 3.93. The predicted molar refractivity (Wildman–Crippen MR) is 66.8 cm³/mol. The molecule has 0 fully saturated rings. The second-order valence-electron chi connectivity index (χ2n) is 4.15. The van der Waals surface area contributed by atoms with Crippen LogP contribution in [0.2, 0.25) is 0 Å². The van der Waals surface area contributed by atoms with E-state index in [2.05, 4.69) is 12.2 Å². The fourth-order valence-corrected chi connectivity index (χ4v) is 1.56. The molecule has 0 aliphatic carbocycles. The van der Waals surface area contributed by atoms with Crippen LogP contribution in [-0.4, -0.2) is 5.91 Å². The lowest BCUT2D eigenvalue weighted by atomic mass is 10.1. The molecule has 0 saturated carbocycles. The van der Waals surface area contributed by atoms with Gasteiger partial charge in [-0.25, -0.2) is 0 Å². The molecular formula is C13H20N2O. The van der Waals surface area contributed by atoms with Crippen LogP contribution in [0.25, 0.3) is 0 Å². The molecule has 16 heavy (non-hydrogen) atoms. The number of rotatable bonds is 5. The molecule has 1 aromatic rings. The van der Waals surface area contributed by atoms with E-state index in [4.69, 9.17) is 5.73 Å². The maximum atomic E-state index is 11.6. The summed E-state index contributed by atoms with van der Waals surface area (Å²) >= 11 is 0. The van der Waals surface area contributed by atoms with Crippen LogP contribution in [0.1, 0.15) is 32.3 Å². The summed E-state index contributed by atoms with van der Waals surface area (Å²) in [7, 11) is 0. The second kappa shape index (κ2) is 6.16. The standard InChI is InChI=1S/C13H20N2O/c1-3-4-10(2)13(16)15-9-11-5-7-12(14)8-6-11/h5-8,10H,3-4,9,14H2,1-2H3,(H,15,16). The van der Waals surface area contributed by atoms with Crippen molar-refractivity contribution in [3.63, 3.8) is 0 Å². The normalized spacial score (nSPS) is 12.1. The van der Waals surface area contributed by atoms with E-state index in [9.17, 15) is 4.79 Å². The number of nitrogens with two attached hydrogens (primary N) is 1. The van der Waals surface area contributed by atoms with Crippen molar-refractivity contribution in [1.82, 2.24) is 5.32 Å². The number of carbonyl (C=O) groups excluding carboxylic acids is 1. The Morgan fingerprint density at radius 2 is 2.00 bits per heavy atom. The predicted octanol–water partition coefficient (Wildman–Crippen LogP) is 2.32. The Morgan fingerprint density at radius 3 is 2.56 bits per heavy atom. The molecular weight excluding hydrogens is 200 g/mol. The third-order valence-corrected chi connectivity index (χ3v) is 2.62. The minimum absolute atomic E-state index is 0.0961. The van der Waals surface area contributed by atoms with E-state index in [1.54, 1.807) is 0 Å². The number of amides is 1. The molecule has 1 atom stereocenters. The summed E-state index contributed by atoms with van der Waals surface area (Å²) in [6.07, 6.45) is 1.98. The van der Waals surface area contributed by atoms with Crippen LogP contribution in [0.4, 0.5) is 5.69 Å². The van der Waals surface area contributed by atoms with Gasteiger partial charge in [0, 0.05) is 18.2 Å². The van der Waals surface area contributed by atoms with Gasteiger partial charge in [-0.2, -0.15) is 0 Å². The number of benzene rings is 1. The second-order valence-corrected chi connectivity index (χ2v) is 4.15. The zero-order valence-corrected chi connectivity index (χ0v) is 9.99. The Morgan fingerprint density at radius 1 is 1.38 bits per heavy atom. The number of hydrogen-bond acceptors (Lipinski definition) is 2. The van der Waals surface area contributed by atoms with Crippen LogP contribution < -0.4 is 11.1 Å². The van der Waals surface area contributed by atoms with Crippen molar-refractivity contribution >= 4 is 11.6 Å². The lowest BCUT2D eigenvalue weighted by molar-refractivity contribution is -0.124. The minimum Gasteiger partial charge on any atom is -0.399 e. The molecule has 0 radical (unpaired) electrons. The molecule has 1 rings (SSSR count). The molecule has 0 aromatic heterocycles. The van der Waals surface area contributed by atoms with Crippen molar-refractivity contribution in [2.45, 2.75) is 33.2 Å². The first-order valence-electron chi connectivity index (χ1n) is 5.75. The first kappa shape index (κ1) is 12.6. The van der Waals surface area contributed by atoms with Gasteiger partial charge >= 0.3 is 0 Å². The van der Waals surface area contributed by atoms with Gasteiger partial charge in [0.2, 0.25) is 5.91 Å². The average molecular weight is 220 g/mol. The topological polar surface area (TPSA) is 55.1 Å². The molecule has 3 heteroatoms. The van der Waals surface area contributed by atoms with Crippen molar-refractivity contribution in [2.24, 2.45) is 5.92 Å². The Balaban J connectivity index is 2.39. The van der Waals surface area contributed by atoms with Gasteiger partial charge in [0.15, 0.2) is 0 Å². The molecule has 0 bridgehead atoms. The highest BCUT2D eigenvalue weighted by Gasteiger charge is 2.10. The first-order chi connectivity index (χ1) is 7.63. The molecule has 3 N–H and O–H groups in total. The lowest BCUT2D eigenvalue weighted by Crippen LogP contribution is -2.28. The van der Waals surface area contributed by atoms with Gasteiger partial charge in [-0.05, 0) is 24.1 Å². The Labute approximate surface area is 97.0 Å². The van der Waals surface area contributed by atoms with E-state index in [0.717, 1.165) is 24.1 Å². The molecule has 0 aliphatic heterocycles. The molecule has 1 unspecified atom stereocenters. The van der Waals surface area contributed by atoms with Gasteiger partial charge in [0.05, 0.1) is 0 Å². The van der Waals surface area contributed by atoms with Gasteiger partial charge < -0.3 is 11.1 Å². The van der Waals surface area contributed by atoms with Gasteiger partial charge in [-0.15, -0.1) is 0 Å². The SMILES string of the molecule is CCCC(C)C(=O)NCc1ccc(N)cc1. The van der Waals surface area contributed by atoms with Gasteiger partial charge in [-0.3, -0.25) is 4.79 Å². The quantitative estimate of drug-likeness (QED) is 0.748. The summed E-state index contributed by atoms with van der Waals surface area (Å²) < 4.78 is 0. The molecule has 0 aliphatic rings. The van der Waals surface area contributed by atoms with E-state index in [1.807, 2.05) is 31.2 Å². The van der Waals surface area contributed by atoms with Gasteiger partial charge in [0.1, 0.15) is 0 Å². The maximum absolute atomic E-state index is 11.6. The summed E-state index contributed by atoms with van der Waals surface area (Å²) in [4.78, 5) is 11.6. The summed E-state index contributed by atoms with van der Waals surface area (Å²) in [6.45, 7) is 4.62. The number of nitrogens with one attached hydrogen (secondary N) is 1. The number of nitrogen functional groups attached to an aromatic ring is 1. The lowest BCUT2D eigenvalue weighted by Gasteiger charge is -2.11. The largest absolute Gasteiger partial charge is 0.399 e. The van der Waals surface area contributed by atoms with Crippen LogP contribution in [0.3, 0.4) is 0 Å². The Bertz CT molecular complexity index is 332. The van der Waals surface area contributed by atoms with Crippen LogP contribution in [0, 0.1) is 5.92 Å². The van der Waals surface area contributed by atoms with Crippen molar-refractivity contribution < 1.29 is 4.79 Å². The first-order valence-corrected chi connectivity index (χ1v) is 5.75.